The molecule has 0 saturated heterocycles. The van der Waals surface area contributed by atoms with Crippen LogP contribution < -0.4 is 9.47 Å². The van der Waals surface area contributed by atoms with E-state index in [-0.39, 0.29) is 23.9 Å². The molecular weight excluding hydrogens is 400 g/mol. The van der Waals surface area contributed by atoms with Crippen molar-refractivity contribution in [3.05, 3.63) is 23.8 Å². The van der Waals surface area contributed by atoms with Crippen molar-refractivity contribution < 1.29 is 19.1 Å². The number of carbonyl (C=O) groups is 2. The van der Waals surface area contributed by atoms with Gasteiger partial charge in [0, 0.05) is 24.3 Å². The lowest BCUT2D eigenvalue weighted by atomic mass is 9.82. The first kappa shape index (κ1) is 26.4. The smallest absolute Gasteiger partial charge is 0.140 e. The van der Waals surface area contributed by atoms with Gasteiger partial charge in [-0.25, -0.2) is 0 Å². The van der Waals surface area contributed by atoms with Gasteiger partial charge >= 0.3 is 0 Å². The molecule has 1 fully saturated rings. The number of rotatable bonds is 17. The molecule has 1 saturated carbocycles. The molecule has 1 aromatic carbocycles. The summed E-state index contributed by atoms with van der Waals surface area (Å²) in [5.74, 6) is 1.59. The number of hydrogen-bond acceptors (Lipinski definition) is 4. The standard InChI is InChI=1S/C28H44O4/c1-3-5-7-9-11-13-17-31-26-15-16-28(32-18-14-12-10-8-6-4-2)27(22-26)23-19-24(29)21-25(30)20-23/h15-16,22-23H,3-14,17-21H2,1-2H3. The number of ether oxygens (including phenoxy) is 2. The Morgan fingerprint density at radius 3 is 1.84 bits per heavy atom. The Hall–Kier alpha value is -1.84. The van der Waals surface area contributed by atoms with Crippen molar-refractivity contribution >= 4 is 11.6 Å². The Morgan fingerprint density at radius 2 is 1.25 bits per heavy atom. The summed E-state index contributed by atoms with van der Waals surface area (Å²) in [7, 11) is 0. The first-order chi connectivity index (χ1) is 15.6. The van der Waals surface area contributed by atoms with E-state index in [2.05, 4.69) is 13.8 Å². The lowest BCUT2D eigenvalue weighted by Gasteiger charge is -2.23. The molecule has 0 heterocycles. The Morgan fingerprint density at radius 1 is 0.719 bits per heavy atom. The zero-order chi connectivity index (χ0) is 23.0. The van der Waals surface area contributed by atoms with E-state index in [9.17, 15) is 9.59 Å². The molecule has 4 nitrogen and oxygen atoms in total. The van der Waals surface area contributed by atoms with E-state index in [0.29, 0.717) is 26.1 Å². The summed E-state index contributed by atoms with van der Waals surface area (Å²) in [6.07, 6.45) is 15.6. The fourth-order valence-electron chi connectivity index (χ4n) is 4.41. The Kier molecular flexibility index (Phi) is 13.1. The van der Waals surface area contributed by atoms with Gasteiger partial charge in [-0.05, 0) is 31.0 Å². The largest absolute Gasteiger partial charge is 0.494 e. The average molecular weight is 445 g/mol. The van der Waals surface area contributed by atoms with Gasteiger partial charge < -0.3 is 9.47 Å². The highest BCUT2D eigenvalue weighted by Gasteiger charge is 2.29. The third kappa shape index (κ3) is 10.2. The summed E-state index contributed by atoms with van der Waals surface area (Å²) in [5, 5.41) is 0. The molecule has 0 aromatic heterocycles. The van der Waals surface area contributed by atoms with Gasteiger partial charge in [0.05, 0.1) is 19.6 Å². The maximum absolute atomic E-state index is 12.1. The molecule has 0 unspecified atom stereocenters. The average Bonchev–Trinajstić information content (AvgIpc) is 2.77. The van der Waals surface area contributed by atoms with Crippen molar-refractivity contribution in [1.82, 2.24) is 0 Å². The van der Waals surface area contributed by atoms with Crippen LogP contribution in [0, 0.1) is 0 Å². The molecule has 4 heteroatoms. The second-order valence-corrected chi connectivity index (χ2v) is 9.29. The molecule has 0 aliphatic heterocycles. The van der Waals surface area contributed by atoms with Gasteiger partial charge in [-0.2, -0.15) is 0 Å². The lowest BCUT2D eigenvalue weighted by molar-refractivity contribution is -0.130. The Balaban J connectivity index is 1.92. The minimum Gasteiger partial charge on any atom is -0.494 e. The first-order valence-corrected chi connectivity index (χ1v) is 13.1. The molecule has 0 amide bonds. The molecule has 0 radical (unpaired) electrons. The number of unbranched alkanes of at least 4 members (excludes halogenated alkanes) is 10. The molecule has 1 aliphatic carbocycles. The first-order valence-electron chi connectivity index (χ1n) is 13.1. The van der Waals surface area contributed by atoms with Gasteiger partial charge in [0.25, 0.3) is 0 Å². The Bertz CT molecular complexity index is 666. The van der Waals surface area contributed by atoms with Crippen LogP contribution in [0.2, 0.25) is 0 Å². The van der Waals surface area contributed by atoms with Crippen molar-refractivity contribution in [3.8, 4) is 11.5 Å². The van der Waals surface area contributed by atoms with E-state index < -0.39 is 0 Å². The van der Waals surface area contributed by atoms with Gasteiger partial charge in [0.1, 0.15) is 23.1 Å². The van der Waals surface area contributed by atoms with Crippen LogP contribution in [0.1, 0.15) is 122 Å². The second-order valence-electron chi connectivity index (χ2n) is 9.29. The number of hydrogen-bond donors (Lipinski definition) is 0. The number of ketones is 2. The van der Waals surface area contributed by atoms with E-state index in [4.69, 9.17) is 9.47 Å². The monoisotopic (exact) mass is 444 g/mol. The fourth-order valence-corrected chi connectivity index (χ4v) is 4.41. The van der Waals surface area contributed by atoms with Crippen LogP contribution in [0.25, 0.3) is 0 Å². The van der Waals surface area contributed by atoms with Crippen LogP contribution in [0.4, 0.5) is 0 Å². The summed E-state index contributed by atoms with van der Waals surface area (Å²) in [4.78, 5) is 24.1. The van der Waals surface area contributed by atoms with Crippen LogP contribution in [0.5, 0.6) is 11.5 Å². The molecule has 0 N–H and O–H groups in total. The fraction of sp³-hybridized carbons (Fsp3) is 0.714. The van der Waals surface area contributed by atoms with Crippen molar-refractivity contribution in [2.75, 3.05) is 13.2 Å². The third-order valence-electron chi connectivity index (χ3n) is 6.29. The maximum Gasteiger partial charge on any atom is 0.140 e. The molecule has 32 heavy (non-hydrogen) atoms. The number of Topliss-reactive ketones (excluding diaryl/α,β-unsaturated/α-hetero) is 2. The zero-order valence-electron chi connectivity index (χ0n) is 20.5. The van der Waals surface area contributed by atoms with Crippen molar-refractivity contribution in [2.45, 2.75) is 116 Å². The quantitative estimate of drug-likeness (QED) is 0.184. The summed E-state index contributed by atoms with van der Waals surface area (Å²) in [6.45, 7) is 5.83. The van der Waals surface area contributed by atoms with E-state index in [1.807, 2.05) is 18.2 Å². The van der Waals surface area contributed by atoms with Crippen LogP contribution in [-0.2, 0) is 9.59 Å². The highest BCUT2D eigenvalue weighted by atomic mass is 16.5. The van der Waals surface area contributed by atoms with Gasteiger partial charge in [-0.3, -0.25) is 9.59 Å². The summed E-state index contributed by atoms with van der Waals surface area (Å²) >= 11 is 0. The molecule has 0 atom stereocenters. The topological polar surface area (TPSA) is 52.6 Å². The van der Waals surface area contributed by atoms with Gasteiger partial charge in [-0.1, -0.05) is 78.1 Å². The highest BCUT2D eigenvalue weighted by Crippen LogP contribution is 2.37. The van der Waals surface area contributed by atoms with Crippen molar-refractivity contribution in [1.29, 1.82) is 0 Å². The minimum absolute atomic E-state index is 0.0338. The molecule has 0 bridgehead atoms. The normalized spacial score (nSPS) is 14.7. The van der Waals surface area contributed by atoms with E-state index in [1.54, 1.807) is 0 Å². The van der Waals surface area contributed by atoms with Crippen molar-refractivity contribution in [2.24, 2.45) is 0 Å². The van der Waals surface area contributed by atoms with Crippen LogP contribution >= 0.6 is 0 Å². The zero-order valence-corrected chi connectivity index (χ0v) is 20.5. The predicted octanol–water partition coefficient (Wildman–Crippen LogP) is 7.57. The maximum atomic E-state index is 12.1. The summed E-state index contributed by atoms with van der Waals surface area (Å²) in [5.41, 5.74) is 0.956. The molecular formula is C28H44O4. The summed E-state index contributed by atoms with van der Waals surface area (Å²) in [6, 6.07) is 5.93. The lowest BCUT2D eigenvalue weighted by Crippen LogP contribution is -2.22. The second kappa shape index (κ2) is 15.9. The highest BCUT2D eigenvalue weighted by molar-refractivity contribution is 6.02. The predicted molar refractivity (Wildman–Crippen MR) is 131 cm³/mol. The van der Waals surface area contributed by atoms with E-state index >= 15 is 0 Å². The Labute approximate surface area is 195 Å². The third-order valence-corrected chi connectivity index (χ3v) is 6.29. The molecule has 1 aromatic rings. The molecule has 2 rings (SSSR count). The van der Waals surface area contributed by atoms with E-state index in [1.165, 1.54) is 64.2 Å². The van der Waals surface area contributed by atoms with Crippen LogP contribution in [0.15, 0.2) is 18.2 Å². The van der Waals surface area contributed by atoms with E-state index in [0.717, 1.165) is 29.9 Å². The van der Waals surface area contributed by atoms with Gasteiger partial charge in [-0.15, -0.1) is 0 Å². The summed E-state index contributed by atoms with van der Waals surface area (Å²) < 4.78 is 12.1. The van der Waals surface area contributed by atoms with Crippen LogP contribution in [-0.4, -0.2) is 24.8 Å². The SMILES string of the molecule is CCCCCCCCOc1ccc(OCCCCCCCC)c(C2CC(=O)CC(=O)C2)c1. The molecule has 1 aliphatic rings. The van der Waals surface area contributed by atoms with Crippen molar-refractivity contribution in [3.63, 3.8) is 0 Å². The number of carbonyl (C=O) groups excluding carboxylic acids is 2. The van der Waals surface area contributed by atoms with Gasteiger partial charge in [0.15, 0.2) is 0 Å². The van der Waals surface area contributed by atoms with Gasteiger partial charge in [0.2, 0.25) is 0 Å². The van der Waals surface area contributed by atoms with Crippen LogP contribution in [0.3, 0.4) is 0 Å². The molecule has 180 valence electrons. The number of benzene rings is 1. The minimum atomic E-state index is -0.0964. The molecule has 0 spiro atoms.